The zero-order chi connectivity index (χ0) is 14.1. The van der Waals surface area contributed by atoms with Gasteiger partial charge in [0.2, 0.25) is 5.91 Å². The first-order valence-corrected chi connectivity index (χ1v) is 5.97. The summed E-state index contributed by atoms with van der Waals surface area (Å²) >= 11 is 0. The number of amides is 2. The number of carbonyl (C=O) groups is 2. The number of phenolic OH excluding ortho intramolecular Hbond substituents is 1. The van der Waals surface area contributed by atoms with Crippen LogP contribution in [0.15, 0.2) is 24.3 Å². The second-order valence-corrected chi connectivity index (χ2v) is 3.87. The second kappa shape index (κ2) is 8.10. The van der Waals surface area contributed by atoms with E-state index in [-0.39, 0.29) is 30.2 Å². The van der Waals surface area contributed by atoms with Crippen LogP contribution >= 0.6 is 0 Å². The number of hydrogen-bond acceptors (Lipinski definition) is 4. The molecule has 0 unspecified atom stereocenters. The van der Waals surface area contributed by atoms with Crippen molar-refractivity contribution in [3.63, 3.8) is 0 Å². The van der Waals surface area contributed by atoms with Gasteiger partial charge in [0.25, 0.3) is 5.91 Å². The van der Waals surface area contributed by atoms with E-state index >= 15 is 0 Å². The second-order valence-electron chi connectivity index (χ2n) is 3.87. The molecule has 0 aliphatic heterocycles. The lowest BCUT2D eigenvalue weighted by Crippen LogP contribution is -2.32. The van der Waals surface area contributed by atoms with Crippen molar-refractivity contribution in [2.45, 2.75) is 6.42 Å². The molecule has 0 spiro atoms. The highest BCUT2D eigenvalue weighted by molar-refractivity contribution is 5.96. The Morgan fingerprint density at radius 2 is 1.95 bits per heavy atom. The fourth-order valence-corrected chi connectivity index (χ4v) is 1.43. The molecule has 0 radical (unpaired) electrons. The van der Waals surface area contributed by atoms with Gasteiger partial charge in [0.15, 0.2) is 0 Å². The number of hydrogen-bond donors (Lipinski definition) is 3. The molecule has 0 saturated heterocycles. The molecule has 2 amide bonds. The molecule has 19 heavy (non-hydrogen) atoms. The van der Waals surface area contributed by atoms with Crippen LogP contribution in [0.3, 0.4) is 0 Å². The fourth-order valence-electron chi connectivity index (χ4n) is 1.43. The topological polar surface area (TPSA) is 87.7 Å². The molecule has 1 aromatic carbocycles. The first kappa shape index (κ1) is 15.0. The van der Waals surface area contributed by atoms with Gasteiger partial charge >= 0.3 is 0 Å². The first-order valence-electron chi connectivity index (χ1n) is 5.97. The molecule has 0 aliphatic carbocycles. The Balaban J connectivity index is 2.28. The minimum absolute atomic E-state index is 0.0791. The summed E-state index contributed by atoms with van der Waals surface area (Å²) in [5.41, 5.74) is 0.197. The molecule has 6 nitrogen and oxygen atoms in total. The van der Waals surface area contributed by atoms with Crippen LogP contribution in [0.4, 0.5) is 0 Å². The number of benzene rings is 1. The predicted octanol–water partition coefficient (Wildman–Crippen LogP) is 0.275. The fraction of sp³-hybridized carbons (Fsp3) is 0.385. The first-order chi connectivity index (χ1) is 9.15. The summed E-state index contributed by atoms with van der Waals surface area (Å²) in [4.78, 5) is 23.0. The number of rotatable bonds is 7. The van der Waals surface area contributed by atoms with E-state index in [0.717, 1.165) is 0 Å². The molecule has 0 fully saturated rings. The standard InChI is InChI=1S/C13H18N2O4/c1-19-9-8-14-12(17)6-7-15-13(18)10-4-2-3-5-11(10)16/h2-5,16H,6-9H2,1H3,(H,14,17)(H,15,18). The molecule has 0 saturated carbocycles. The van der Waals surface area contributed by atoms with Gasteiger partial charge in [-0.2, -0.15) is 0 Å². The summed E-state index contributed by atoms with van der Waals surface area (Å²) in [5, 5.41) is 14.7. The van der Waals surface area contributed by atoms with Gasteiger partial charge in [-0.05, 0) is 12.1 Å². The summed E-state index contributed by atoms with van der Waals surface area (Å²) in [6.45, 7) is 1.12. The third kappa shape index (κ3) is 5.39. The van der Waals surface area contributed by atoms with Crippen molar-refractivity contribution >= 4 is 11.8 Å². The van der Waals surface area contributed by atoms with Gasteiger partial charge in [0, 0.05) is 26.6 Å². The summed E-state index contributed by atoms with van der Waals surface area (Å²) in [5.74, 6) is -0.637. The number of ether oxygens (including phenoxy) is 1. The lowest BCUT2D eigenvalue weighted by Gasteiger charge is -2.07. The van der Waals surface area contributed by atoms with Gasteiger partial charge in [-0.15, -0.1) is 0 Å². The SMILES string of the molecule is COCCNC(=O)CCNC(=O)c1ccccc1O. The van der Waals surface area contributed by atoms with E-state index in [1.165, 1.54) is 12.1 Å². The maximum atomic E-state index is 11.7. The molecular weight excluding hydrogens is 248 g/mol. The summed E-state index contributed by atoms with van der Waals surface area (Å²) < 4.78 is 4.79. The molecule has 0 aliphatic rings. The minimum Gasteiger partial charge on any atom is -0.507 e. The molecular formula is C13H18N2O4. The maximum absolute atomic E-state index is 11.7. The maximum Gasteiger partial charge on any atom is 0.255 e. The van der Waals surface area contributed by atoms with Crippen LogP contribution in [0.1, 0.15) is 16.8 Å². The number of phenols is 1. The number of nitrogens with one attached hydrogen (secondary N) is 2. The van der Waals surface area contributed by atoms with Crippen molar-refractivity contribution in [3.05, 3.63) is 29.8 Å². The lowest BCUT2D eigenvalue weighted by atomic mass is 10.2. The largest absolute Gasteiger partial charge is 0.507 e. The molecule has 1 rings (SSSR count). The van der Waals surface area contributed by atoms with Gasteiger partial charge in [0.1, 0.15) is 5.75 Å². The average molecular weight is 266 g/mol. The number of para-hydroxylation sites is 1. The third-order valence-corrected chi connectivity index (χ3v) is 2.41. The molecule has 0 bridgehead atoms. The number of carbonyl (C=O) groups excluding carboxylic acids is 2. The zero-order valence-corrected chi connectivity index (χ0v) is 10.8. The van der Waals surface area contributed by atoms with Crippen LogP contribution in [0.2, 0.25) is 0 Å². The van der Waals surface area contributed by atoms with E-state index in [2.05, 4.69) is 10.6 Å². The quantitative estimate of drug-likeness (QED) is 0.618. The van der Waals surface area contributed by atoms with Crippen LogP contribution in [-0.2, 0) is 9.53 Å². The van der Waals surface area contributed by atoms with Crippen molar-refractivity contribution in [2.24, 2.45) is 0 Å². The van der Waals surface area contributed by atoms with Gasteiger partial charge in [0.05, 0.1) is 12.2 Å². The van der Waals surface area contributed by atoms with Crippen LogP contribution in [0.25, 0.3) is 0 Å². The molecule has 1 aromatic rings. The summed E-state index contributed by atoms with van der Waals surface area (Å²) in [6.07, 6.45) is 0.184. The average Bonchev–Trinajstić information content (AvgIpc) is 2.39. The Bertz CT molecular complexity index is 434. The Hall–Kier alpha value is -2.08. The van der Waals surface area contributed by atoms with Crippen LogP contribution < -0.4 is 10.6 Å². The molecule has 0 atom stereocenters. The monoisotopic (exact) mass is 266 g/mol. The Morgan fingerprint density at radius 1 is 1.21 bits per heavy atom. The highest BCUT2D eigenvalue weighted by atomic mass is 16.5. The third-order valence-electron chi connectivity index (χ3n) is 2.41. The van der Waals surface area contributed by atoms with E-state index in [4.69, 9.17) is 4.74 Å². The van der Waals surface area contributed by atoms with Crippen molar-refractivity contribution in [1.82, 2.24) is 10.6 Å². The van der Waals surface area contributed by atoms with Crippen LogP contribution in [0.5, 0.6) is 5.75 Å². The van der Waals surface area contributed by atoms with Crippen molar-refractivity contribution in [3.8, 4) is 5.75 Å². The van der Waals surface area contributed by atoms with E-state index in [0.29, 0.717) is 13.2 Å². The smallest absolute Gasteiger partial charge is 0.255 e. The normalized spacial score (nSPS) is 9.95. The van der Waals surface area contributed by atoms with Gasteiger partial charge in [-0.25, -0.2) is 0 Å². The van der Waals surface area contributed by atoms with Crippen molar-refractivity contribution < 1.29 is 19.4 Å². The van der Waals surface area contributed by atoms with Crippen molar-refractivity contribution in [1.29, 1.82) is 0 Å². The Labute approximate surface area is 111 Å². The highest BCUT2D eigenvalue weighted by Crippen LogP contribution is 2.14. The van der Waals surface area contributed by atoms with E-state index in [1.54, 1.807) is 19.2 Å². The molecule has 3 N–H and O–H groups in total. The van der Waals surface area contributed by atoms with E-state index in [9.17, 15) is 14.7 Å². The van der Waals surface area contributed by atoms with Gasteiger partial charge in [-0.1, -0.05) is 12.1 Å². The van der Waals surface area contributed by atoms with Crippen molar-refractivity contribution in [2.75, 3.05) is 26.8 Å². The highest BCUT2D eigenvalue weighted by Gasteiger charge is 2.09. The van der Waals surface area contributed by atoms with Crippen LogP contribution in [0, 0.1) is 0 Å². The molecule has 104 valence electrons. The van der Waals surface area contributed by atoms with Gasteiger partial charge in [-0.3, -0.25) is 9.59 Å². The lowest BCUT2D eigenvalue weighted by molar-refractivity contribution is -0.121. The summed E-state index contributed by atoms with van der Waals surface area (Å²) in [6, 6.07) is 6.25. The minimum atomic E-state index is -0.400. The Kier molecular flexibility index (Phi) is 6.38. The Morgan fingerprint density at radius 3 is 2.63 bits per heavy atom. The van der Waals surface area contributed by atoms with Crippen LogP contribution in [-0.4, -0.2) is 43.7 Å². The molecule has 0 heterocycles. The molecule has 0 aromatic heterocycles. The summed E-state index contributed by atoms with van der Waals surface area (Å²) in [7, 11) is 1.55. The predicted molar refractivity (Wildman–Crippen MR) is 69.9 cm³/mol. The zero-order valence-electron chi connectivity index (χ0n) is 10.8. The molecule has 6 heteroatoms. The van der Waals surface area contributed by atoms with Gasteiger partial charge < -0.3 is 20.5 Å². The number of aromatic hydroxyl groups is 1. The van der Waals surface area contributed by atoms with E-state index < -0.39 is 5.91 Å². The number of methoxy groups -OCH3 is 1. The van der Waals surface area contributed by atoms with E-state index in [1.807, 2.05) is 0 Å².